The molecule has 0 atom stereocenters. The molecule has 0 spiro atoms. The molecule has 6 nitrogen and oxygen atoms in total. The van der Waals surface area contributed by atoms with Crippen molar-refractivity contribution >= 4 is 56.2 Å². The lowest BCUT2D eigenvalue weighted by Gasteiger charge is -2.17. The van der Waals surface area contributed by atoms with E-state index in [9.17, 15) is 4.79 Å². The second kappa shape index (κ2) is 12.7. The molecule has 1 aromatic heterocycles. The van der Waals surface area contributed by atoms with Gasteiger partial charge in [0.25, 0.3) is 5.56 Å². The third-order valence-corrected chi connectivity index (χ3v) is 8.10. The molecule has 0 bridgehead atoms. The van der Waals surface area contributed by atoms with Crippen LogP contribution in [-0.4, -0.2) is 23.0 Å². The van der Waals surface area contributed by atoms with Crippen molar-refractivity contribution < 1.29 is 9.47 Å². The quantitative estimate of drug-likeness (QED) is 0.155. The second-order valence-electron chi connectivity index (χ2n) is 10.1. The first-order valence-corrected chi connectivity index (χ1v) is 14.8. The molecular formula is C33H28BrCl2N3O3. The van der Waals surface area contributed by atoms with Gasteiger partial charge in [0, 0.05) is 16.1 Å². The van der Waals surface area contributed by atoms with Crippen molar-refractivity contribution in [2.75, 3.05) is 7.11 Å². The van der Waals surface area contributed by atoms with Gasteiger partial charge in [0.05, 0.1) is 33.7 Å². The van der Waals surface area contributed by atoms with Crippen molar-refractivity contribution in [3.05, 3.63) is 120 Å². The molecule has 0 amide bonds. The summed E-state index contributed by atoms with van der Waals surface area (Å²) < 4.78 is 13.6. The van der Waals surface area contributed by atoms with Crippen LogP contribution < -0.4 is 15.0 Å². The third kappa shape index (κ3) is 6.09. The van der Waals surface area contributed by atoms with Gasteiger partial charge in [-0.05, 0) is 87.9 Å². The summed E-state index contributed by atoms with van der Waals surface area (Å²) in [7, 11) is 1.66. The molecule has 5 aromatic rings. The van der Waals surface area contributed by atoms with Gasteiger partial charge in [-0.3, -0.25) is 4.79 Å². The lowest BCUT2D eigenvalue weighted by molar-refractivity contribution is 0.304. The summed E-state index contributed by atoms with van der Waals surface area (Å²) in [5, 5.41) is 6.10. The van der Waals surface area contributed by atoms with Crippen LogP contribution in [0.1, 0.15) is 42.0 Å². The van der Waals surface area contributed by atoms with E-state index < -0.39 is 0 Å². The number of ether oxygens (including phenoxy) is 2. The molecule has 1 heterocycles. The number of fused-ring (bicyclic) bond motifs is 1. The Hall–Kier alpha value is -3.65. The Morgan fingerprint density at radius 1 is 1.02 bits per heavy atom. The van der Waals surface area contributed by atoms with Crippen LogP contribution in [0.25, 0.3) is 22.3 Å². The fraction of sp³-hybridized carbons (Fsp3) is 0.182. The van der Waals surface area contributed by atoms with Gasteiger partial charge in [0.2, 0.25) is 0 Å². The monoisotopic (exact) mass is 663 g/mol. The van der Waals surface area contributed by atoms with Gasteiger partial charge in [-0.1, -0.05) is 67.4 Å². The van der Waals surface area contributed by atoms with Gasteiger partial charge in [-0.25, -0.2) is 4.98 Å². The summed E-state index contributed by atoms with van der Waals surface area (Å²) in [5.41, 5.74) is 4.54. The molecule has 214 valence electrons. The van der Waals surface area contributed by atoms with Crippen LogP contribution in [0.15, 0.2) is 87.2 Å². The summed E-state index contributed by atoms with van der Waals surface area (Å²) in [6.45, 7) is 6.42. The highest BCUT2D eigenvalue weighted by atomic mass is 79.9. The van der Waals surface area contributed by atoms with Gasteiger partial charge < -0.3 is 9.47 Å². The highest BCUT2D eigenvalue weighted by Gasteiger charge is 2.18. The SMILES string of the molecule is COc1cc(C)c(-c2nc3ccccc3c(=O)n2N=Cc2cc(Cl)c(OCc3ccccc3Cl)c(Br)c2)cc1C(C)C. The van der Waals surface area contributed by atoms with Crippen LogP contribution in [0.3, 0.4) is 0 Å². The highest BCUT2D eigenvalue weighted by Crippen LogP contribution is 2.36. The van der Waals surface area contributed by atoms with Gasteiger partial charge in [-0.2, -0.15) is 9.78 Å². The molecule has 0 saturated heterocycles. The molecule has 0 N–H and O–H groups in total. The number of halogens is 3. The van der Waals surface area contributed by atoms with E-state index in [0.29, 0.717) is 42.6 Å². The van der Waals surface area contributed by atoms with E-state index in [1.165, 1.54) is 4.68 Å². The van der Waals surface area contributed by atoms with Crippen LogP contribution >= 0.6 is 39.1 Å². The van der Waals surface area contributed by atoms with Gasteiger partial charge in [0.1, 0.15) is 12.4 Å². The molecule has 0 saturated carbocycles. The molecule has 0 aliphatic heterocycles. The van der Waals surface area contributed by atoms with Gasteiger partial charge >= 0.3 is 0 Å². The number of rotatable bonds is 8. The smallest absolute Gasteiger partial charge is 0.282 e. The maximum Gasteiger partial charge on any atom is 0.282 e. The van der Waals surface area contributed by atoms with Crippen LogP contribution in [0.4, 0.5) is 0 Å². The number of benzene rings is 4. The first kappa shape index (κ1) is 29.8. The maximum atomic E-state index is 13.8. The summed E-state index contributed by atoms with van der Waals surface area (Å²) in [6, 6.07) is 22.3. The normalized spacial score (nSPS) is 11.5. The van der Waals surface area contributed by atoms with Crippen molar-refractivity contribution in [1.82, 2.24) is 9.66 Å². The number of para-hydroxylation sites is 1. The Kier molecular flexibility index (Phi) is 9.02. The van der Waals surface area contributed by atoms with Crippen LogP contribution in [0.5, 0.6) is 11.5 Å². The summed E-state index contributed by atoms with van der Waals surface area (Å²) in [6.07, 6.45) is 1.58. The number of methoxy groups -OCH3 is 1. The molecule has 5 rings (SSSR count). The minimum Gasteiger partial charge on any atom is -0.496 e. The average molecular weight is 665 g/mol. The lowest BCUT2D eigenvalue weighted by Crippen LogP contribution is -2.20. The topological polar surface area (TPSA) is 65.7 Å². The minimum absolute atomic E-state index is 0.196. The summed E-state index contributed by atoms with van der Waals surface area (Å²) >= 11 is 16.4. The van der Waals surface area contributed by atoms with E-state index in [1.54, 1.807) is 25.5 Å². The van der Waals surface area contributed by atoms with Crippen molar-refractivity contribution in [2.45, 2.75) is 33.3 Å². The molecule has 4 aromatic carbocycles. The Morgan fingerprint density at radius 2 is 1.76 bits per heavy atom. The average Bonchev–Trinajstić information content (AvgIpc) is 2.96. The second-order valence-corrected chi connectivity index (χ2v) is 11.7. The summed E-state index contributed by atoms with van der Waals surface area (Å²) in [5.74, 6) is 1.90. The van der Waals surface area contributed by atoms with E-state index >= 15 is 0 Å². The largest absolute Gasteiger partial charge is 0.496 e. The molecule has 0 aliphatic carbocycles. The molecule has 42 heavy (non-hydrogen) atoms. The highest BCUT2D eigenvalue weighted by molar-refractivity contribution is 9.10. The molecule has 0 aliphatic rings. The zero-order chi connectivity index (χ0) is 30.0. The molecule has 0 radical (unpaired) electrons. The van der Waals surface area contributed by atoms with Crippen LogP contribution in [-0.2, 0) is 6.61 Å². The molecule has 0 fully saturated rings. The van der Waals surface area contributed by atoms with E-state index in [0.717, 1.165) is 28.0 Å². The van der Waals surface area contributed by atoms with E-state index in [-0.39, 0.29) is 18.1 Å². The zero-order valence-electron chi connectivity index (χ0n) is 23.5. The van der Waals surface area contributed by atoms with Crippen LogP contribution in [0.2, 0.25) is 10.0 Å². The Balaban J connectivity index is 1.57. The number of hydrogen-bond donors (Lipinski definition) is 0. The van der Waals surface area contributed by atoms with E-state index in [1.807, 2.05) is 67.6 Å². The maximum absolute atomic E-state index is 13.8. The van der Waals surface area contributed by atoms with E-state index in [2.05, 4.69) is 34.9 Å². The minimum atomic E-state index is -0.280. The van der Waals surface area contributed by atoms with Gasteiger partial charge in [-0.15, -0.1) is 0 Å². The number of hydrogen-bond acceptors (Lipinski definition) is 5. The third-order valence-electron chi connectivity index (χ3n) is 6.87. The summed E-state index contributed by atoms with van der Waals surface area (Å²) in [4.78, 5) is 18.6. The first-order chi connectivity index (χ1) is 20.2. The van der Waals surface area contributed by atoms with Crippen molar-refractivity contribution in [3.8, 4) is 22.9 Å². The molecule has 9 heteroatoms. The Labute approximate surface area is 262 Å². The number of nitrogens with zero attached hydrogens (tertiary/aromatic N) is 3. The van der Waals surface area contributed by atoms with Crippen molar-refractivity contribution in [2.24, 2.45) is 5.10 Å². The van der Waals surface area contributed by atoms with Gasteiger partial charge in [0.15, 0.2) is 11.6 Å². The molecular weight excluding hydrogens is 637 g/mol. The van der Waals surface area contributed by atoms with Crippen molar-refractivity contribution in [1.29, 1.82) is 0 Å². The van der Waals surface area contributed by atoms with Crippen LogP contribution in [0, 0.1) is 6.92 Å². The Bertz CT molecular complexity index is 1860. The fourth-order valence-electron chi connectivity index (χ4n) is 4.65. The Morgan fingerprint density at radius 3 is 2.48 bits per heavy atom. The predicted molar refractivity (Wildman–Crippen MR) is 175 cm³/mol. The molecule has 0 unspecified atom stereocenters. The first-order valence-electron chi connectivity index (χ1n) is 13.3. The van der Waals surface area contributed by atoms with Crippen molar-refractivity contribution in [3.63, 3.8) is 0 Å². The zero-order valence-corrected chi connectivity index (χ0v) is 26.6. The standard InChI is InChI=1S/C33H28BrCl2N3O3/c1-19(2)24-16-25(20(3)13-30(24)41-4)32-38-29-12-8-6-10-23(29)33(40)39(32)37-17-21-14-26(34)31(28(36)15-21)42-18-22-9-5-7-11-27(22)35/h5-17,19H,18H2,1-4H3. The number of aromatic nitrogens is 2. The van der Waals surface area contributed by atoms with E-state index in [4.69, 9.17) is 37.7 Å². The number of aryl methyl sites for hydroxylation is 1. The lowest BCUT2D eigenvalue weighted by atomic mass is 9.96. The predicted octanol–water partition coefficient (Wildman–Crippen LogP) is 9.03. The fourth-order valence-corrected chi connectivity index (χ4v) is 5.83.